The summed E-state index contributed by atoms with van der Waals surface area (Å²) in [5, 5.41) is 0. The zero-order chi connectivity index (χ0) is 20.7. The molecule has 5 rings (SSSR count). The first kappa shape index (κ1) is 18.8. The fourth-order valence-corrected chi connectivity index (χ4v) is 4.96. The van der Waals surface area contributed by atoms with Crippen LogP contribution in [0.5, 0.6) is 5.75 Å². The number of rotatable bonds is 4. The van der Waals surface area contributed by atoms with Gasteiger partial charge in [-0.3, -0.25) is 9.52 Å². The van der Waals surface area contributed by atoms with E-state index in [1.54, 1.807) is 12.1 Å². The molecule has 4 nitrogen and oxygen atoms in total. The maximum absolute atomic E-state index is 13.3. The number of carbonyl (C=O) groups excluding carboxylic acids is 1. The zero-order valence-electron chi connectivity index (χ0n) is 15.9. The van der Waals surface area contributed by atoms with Crippen molar-refractivity contribution in [1.82, 2.24) is 4.72 Å². The third-order valence-electron chi connectivity index (χ3n) is 5.44. The number of hydrogen-bond donors (Lipinski definition) is 1. The van der Waals surface area contributed by atoms with Crippen molar-refractivity contribution in [1.29, 1.82) is 0 Å². The van der Waals surface area contributed by atoms with E-state index in [9.17, 15) is 13.4 Å². The molecule has 0 fully saturated rings. The highest BCUT2D eigenvalue weighted by Crippen LogP contribution is 2.40. The number of halogens is 1. The van der Waals surface area contributed by atoms with Crippen molar-refractivity contribution in [2.75, 3.05) is 0 Å². The highest BCUT2D eigenvalue weighted by atomic mass is 32.2. The number of benzene rings is 3. The van der Waals surface area contributed by atoms with Crippen LogP contribution in [-0.4, -0.2) is 10.1 Å². The zero-order valence-corrected chi connectivity index (χ0v) is 16.7. The van der Waals surface area contributed by atoms with E-state index in [4.69, 9.17) is 4.74 Å². The van der Waals surface area contributed by atoms with Gasteiger partial charge in [0.05, 0.1) is 4.91 Å². The van der Waals surface area contributed by atoms with Crippen LogP contribution in [0.1, 0.15) is 29.2 Å². The van der Waals surface area contributed by atoms with Crippen LogP contribution in [0.4, 0.5) is 4.39 Å². The Bertz CT molecular complexity index is 1190. The Morgan fingerprint density at radius 1 is 0.967 bits per heavy atom. The molecule has 3 aromatic rings. The van der Waals surface area contributed by atoms with Gasteiger partial charge in [0.25, 0.3) is 5.91 Å². The van der Waals surface area contributed by atoms with E-state index in [0.717, 1.165) is 35.1 Å². The van der Waals surface area contributed by atoms with Crippen molar-refractivity contribution < 1.29 is 18.1 Å². The molecule has 0 aromatic heterocycles. The Balaban J connectivity index is 1.38. The summed E-state index contributed by atoms with van der Waals surface area (Å²) in [5.41, 5.74) is 5.22. The van der Waals surface area contributed by atoms with E-state index in [1.165, 1.54) is 23.8 Å². The van der Waals surface area contributed by atoms with Crippen LogP contribution in [0, 0.1) is 5.82 Å². The van der Waals surface area contributed by atoms with Crippen LogP contribution in [0.25, 0.3) is 16.0 Å². The summed E-state index contributed by atoms with van der Waals surface area (Å²) in [4.78, 5) is 11.8. The van der Waals surface area contributed by atoms with Crippen molar-refractivity contribution >= 4 is 21.8 Å². The summed E-state index contributed by atoms with van der Waals surface area (Å²) in [7, 11) is -1.51. The Hall–Kier alpha value is -3.25. The van der Waals surface area contributed by atoms with Crippen LogP contribution in [-0.2, 0) is 22.2 Å². The molecule has 0 saturated carbocycles. The first-order valence-electron chi connectivity index (χ1n) is 9.67. The molecular weight excluding hydrogens is 401 g/mol. The van der Waals surface area contributed by atoms with Crippen molar-refractivity contribution in [3.63, 3.8) is 0 Å². The van der Waals surface area contributed by atoms with Gasteiger partial charge < -0.3 is 4.74 Å². The van der Waals surface area contributed by atoms with Gasteiger partial charge in [0, 0.05) is 6.08 Å². The van der Waals surface area contributed by atoms with Crippen LogP contribution >= 0.6 is 0 Å². The average molecular weight is 419 g/mol. The van der Waals surface area contributed by atoms with Crippen LogP contribution < -0.4 is 9.46 Å². The molecule has 2 atom stereocenters. The van der Waals surface area contributed by atoms with Gasteiger partial charge in [-0.05, 0) is 64.9 Å². The molecular formula is C24H18FNO3S. The Morgan fingerprint density at radius 3 is 2.40 bits per heavy atom. The minimum absolute atomic E-state index is 0.0608. The lowest BCUT2D eigenvalue weighted by atomic mass is 9.97. The lowest BCUT2D eigenvalue weighted by Gasteiger charge is -2.16. The van der Waals surface area contributed by atoms with Gasteiger partial charge in [-0.2, -0.15) is 0 Å². The summed E-state index contributed by atoms with van der Waals surface area (Å²) in [6.07, 6.45) is 3.05. The minimum atomic E-state index is -1.51. The first-order valence-corrected chi connectivity index (χ1v) is 10.8. The predicted octanol–water partition coefficient (Wildman–Crippen LogP) is 4.69. The molecule has 1 N–H and O–H groups in total. The van der Waals surface area contributed by atoms with Gasteiger partial charge in [-0.15, -0.1) is 0 Å². The number of hydrogen-bond acceptors (Lipinski definition) is 3. The number of nitrogens with one attached hydrogen (secondary N) is 1. The second-order valence-electron chi connectivity index (χ2n) is 7.29. The largest absolute Gasteiger partial charge is 0.486 e. The molecule has 0 radical (unpaired) electrons. The molecule has 2 aliphatic rings. The fraction of sp³-hybridized carbons (Fsp3) is 0.125. The number of carbonyl (C=O) groups is 1. The fourth-order valence-electron chi connectivity index (χ4n) is 4.04. The van der Waals surface area contributed by atoms with E-state index < -0.39 is 11.0 Å². The summed E-state index contributed by atoms with van der Waals surface area (Å²) in [6.45, 7) is 0. The maximum Gasteiger partial charge on any atom is 0.257 e. The highest BCUT2D eigenvalue weighted by Gasteiger charge is 2.27. The van der Waals surface area contributed by atoms with Crippen molar-refractivity contribution in [2.24, 2.45) is 0 Å². The van der Waals surface area contributed by atoms with Crippen molar-refractivity contribution in [3.05, 3.63) is 95.3 Å². The van der Waals surface area contributed by atoms with E-state index in [1.807, 2.05) is 30.3 Å². The first-order chi connectivity index (χ1) is 14.6. The van der Waals surface area contributed by atoms with E-state index in [0.29, 0.717) is 10.7 Å². The van der Waals surface area contributed by atoms with Crippen LogP contribution in [0.15, 0.2) is 72.8 Å². The third-order valence-corrected chi connectivity index (χ3v) is 6.58. The molecule has 150 valence electrons. The van der Waals surface area contributed by atoms with E-state index in [-0.39, 0.29) is 17.8 Å². The molecule has 0 saturated heterocycles. The summed E-state index contributed by atoms with van der Waals surface area (Å²) in [5.74, 6) is 0.129. The monoisotopic (exact) mass is 419 g/mol. The van der Waals surface area contributed by atoms with Gasteiger partial charge in [-0.25, -0.2) is 8.60 Å². The van der Waals surface area contributed by atoms with E-state index >= 15 is 0 Å². The second kappa shape index (κ2) is 7.54. The third kappa shape index (κ3) is 3.44. The lowest BCUT2D eigenvalue weighted by Crippen LogP contribution is -2.16. The molecule has 0 spiro atoms. The molecule has 1 aliphatic heterocycles. The Morgan fingerprint density at radius 2 is 1.70 bits per heavy atom. The molecule has 0 bridgehead atoms. The van der Waals surface area contributed by atoms with Crippen molar-refractivity contribution in [3.8, 4) is 16.9 Å². The Kier molecular flexibility index (Phi) is 4.71. The van der Waals surface area contributed by atoms with Crippen LogP contribution in [0.2, 0.25) is 0 Å². The van der Waals surface area contributed by atoms with Gasteiger partial charge in [0.2, 0.25) is 0 Å². The number of ether oxygens (including phenoxy) is 1. The van der Waals surface area contributed by atoms with Gasteiger partial charge >= 0.3 is 0 Å². The lowest BCUT2D eigenvalue weighted by molar-refractivity contribution is -0.114. The Labute approximate surface area is 176 Å². The highest BCUT2D eigenvalue weighted by molar-refractivity contribution is 7.93. The summed E-state index contributed by atoms with van der Waals surface area (Å²) in [6, 6.07) is 20.0. The normalized spacial score (nSPS) is 19.9. The van der Waals surface area contributed by atoms with Gasteiger partial charge in [0.1, 0.15) is 17.7 Å². The van der Waals surface area contributed by atoms with Gasteiger partial charge in [0.15, 0.2) is 11.0 Å². The average Bonchev–Trinajstić information content (AvgIpc) is 3.31. The minimum Gasteiger partial charge on any atom is -0.486 e. The maximum atomic E-state index is 13.3. The van der Waals surface area contributed by atoms with E-state index in [2.05, 4.69) is 16.9 Å². The molecule has 6 heteroatoms. The van der Waals surface area contributed by atoms with Gasteiger partial charge in [-0.1, -0.05) is 42.5 Å². The SMILES string of the molecule is O=C1C=C(c2ccc(O[C@@H]3CCc4c(-c5ccc(F)cc5)cccc43)cc2)S(=O)N1. The smallest absolute Gasteiger partial charge is 0.257 e. The van der Waals surface area contributed by atoms with Crippen LogP contribution in [0.3, 0.4) is 0 Å². The summed E-state index contributed by atoms with van der Waals surface area (Å²) >= 11 is 0. The quantitative estimate of drug-likeness (QED) is 0.667. The molecule has 1 heterocycles. The van der Waals surface area contributed by atoms with Crippen molar-refractivity contribution in [2.45, 2.75) is 18.9 Å². The topological polar surface area (TPSA) is 55.4 Å². The summed E-state index contributed by atoms with van der Waals surface area (Å²) < 4.78 is 33.8. The molecule has 1 unspecified atom stereocenters. The second-order valence-corrected chi connectivity index (χ2v) is 8.47. The standard InChI is InChI=1S/C24H18FNO3S/c25-17-8-4-15(5-9-17)19-2-1-3-21-20(19)12-13-22(21)29-18-10-6-16(7-11-18)23-14-24(27)26-30(23)28/h1-11,14,22H,12-13H2,(H,26,27)/t22-,30?/m1/s1. The number of fused-ring (bicyclic) bond motifs is 1. The molecule has 30 heavy (non-hydrogen) atoms. The predicted molar refractivity (Wildman–Crippen MR) is 114 cm³/mol. The molecule has 1 aliphatic carbocycles. The molecule has 1 amide bonds. The number of amides is 1. The molecule has 3 aromatic carbocycles.